The minimum atomic E-state index is -0.313. The average molecular weight is 347 g/mol. The first-order chi connectivity index (χ1) is 11.7. The average Bonchev–Trinajstić information content (AvgIpc) is 3.34. The first-order valence-electron chi connectivity index (χ1n) is 9.12. The van der Waals surface area contributed by atoms with Crippen LogP contribution in [0, 0.1) is 5.92 Å². The van der Waals surface area contributed by atoms with Crippen molar-refractivity contribution in [2.75, 3.05) is 23.7 Å². The minimum absolute atomic E-state index is 0.0328. The van der Waals surface area contributed by atoms with Crippen LogP contribution < -0.4 is 10.6 Å². The minimum Gasteiger partial charge on any atom is -0.393 e. The Morgan fingerprint density at radius 1 is 1.32 bits per heavy atom. The summed E-state index contributed by atoms with van der Waals surface area (Å²) < 4.78 is 0. The molecular weight excluding hydrogens is 318 g/mol. The van der Waals surface area contributed by atoms with Gasteiger partial charge < -0.3 is 20.6 Å². The van der Waals surface area contributed by atoms with Gasteiger partial charge in [0.2, 0.25) is 5.95 Å². The molecule has 0 aromatic carbocycles. The van der Waals surface area contributed by atoms with Crippen LogP contribution in [0.3, 0.4) is 0 Å². The zero-order chi connectivity index (χ0) is 18.2. The topological polar surface area (TPSA) is 90.2 Å². The van der Waals surface area contributed by atoms with Crippen molar-refractivity contribution >= 4 is 17.7 Å². The second-order valence-corrected chi connectivity index (χ2v) is 8.32. The van der Waals surface area contributed by atoms with Gasteiger partial charge in [-0.2, -0.15) is 4.98 Å². The van der Waals surface area contributed by atoms with Crippen LogP contribution in [0.5, 0.6) is 0 Å². The molecule has 2 fully saturated rings. The van der Waals surface area contributed by atoms with Crippen molar-refractivity contribution in [3.63, 3.8) is 0 Å². The molecule has 1 aliphatic carbocycles. The Morgan fingerprint density at radius 2 is 2.04 bits per heavy atom. The second kappa shape index (κ2) is 6.78. The van der Waals surface area contributed by atoms with Crippen molar-refractivity contribution < 1.29 is 9.90 Å². The molecule has 3 rings (SSSR count). The highest BCUT2D eigenvalue weighted by molar-refractivity contribution is 5.99. The van der Waals surface area contributed by atoms with E-state index in [0.717, 1.165) is 25.9 Å². The SMILES string of the molecule is C[C@@H]1CC[C@@H](Nc2nc(NC(C)(C)C)ncc2C(=O)N2CC2)C[C@H]1O. The van der Waals surface area contributed by atoms with E-state index in [1.165, 1.54) is 0 Å². The fraction of sp³-hybridized carbons (Fsp3) is 0.722. The molecule has 1 saturated heterocycles. The number of hydrogen-bond donors (Lipinski definition) is 3. The van der Waals surface area contributed by atoms with E-state index in [1.807, 2.05) is 20.8 Å². The lowest BCUT2D eigenvalue weighted by molar-refractivity contribution is 0.0739. The molecule has 0 radical (unpaired) electrons. The fourth-order valence-corrected chi connectivity index (χ4v) is 3.09. The Morgan fingerprint density at radius 3 is 2.64 bits per heavy atom. The van der Waals surface area contributed by atoms with E-state index in [-0.39, 0.29) is 23.6 Å². The Balaban J connectivity index is 1.82. The number of aliphatic hydroxyl groups excluding tert-OH is 1. The standard InChI is InChI=1S/C18H29N5O2/c1-11-5-6-12(9-14(11)24)20-15-13(16(25)23-7-8-23)10-19-17(21-15)22-18(2,3)4/h10-12,14,24H,5-9H2,1-4H3,(H2,19,20,21,22)/t11-,12-,14-/m1/s1. The lowest BCUT2D eigenvalue weighted by Gasteiger charge is -2.32. The maximum atomic E-state index is 12.5. The number of rotatable bonds is 4. The normalized spacial score (nSPS) is 26.3. The van der Waals surface area contributed by atoms with Gasteiger partial charge in [0, 0.05) is 30.9 Å². The molecule has 7 heteroatoms. The van der Waals surface area contributed by atoms with Crippen LogP contribution in [0.2, 0.25) is 0 Å². The Hall–Kier alpha value is -1.89. The molecule has 1 aromatic heterocycles. The van der Waals surface area contributed by atoms with Crippen molar-refractivity contribution in [2.24, 2.45) is 5.92 Å². The van der Waals surface area contributed by atoms with Gasteiger partial charge in [-0.1, -0.05) is 6.92 Å². The largest absolute Gasteiger partial charge is 0.393 e. The quantitative estimate of drug-likeness (QED) is 0.723. The van der Waals surface area contributed by atoms with Gasteiger partial charge in [-0.25, -0.2) is 4.98 Å². The zero-order valence-corrected chi connectivity index (χ0v) is 15.5. The molecule has 1 aliphatic heterocycles. The molecule has 2 aliphatic rings. The number of aromatic nitrogens is 2. The summed E-state index contributed by atoms with van der Waals surface area (Å²) in [5, 5.41) is 16.8. The van der Waals surface area contributed by atoms with Crippen molar-refractivity contribution in [1.82, 2.24) is 14.9 Å². The highest BCUT2D eigenvalue weighted by Crippen LogP contribution is 2.28. The van der Waals surface area contributed by atoms with Gasteiger partial charge in [0.05, 0.1) is 6.10 Å². The molecular formula is C18H29N5O2. The molecule has 1 amide bonds. The number of hydrogen-bond acceptors (Lipinski definition) is 6. The van der Waals surface area contributed by atoms with Crippen molar-refractivity contribution in [1.29, 1.82) is 0 Å². The van der Waals surface area contributed by atoms with Crippen LogP contribution in [0.4, 0.5) is 11.8 Å². The van der Waals surface area contributed by atoms with Gasteiger partial charge in [0.1, 0.15) is 11.4 Å². The summed E-state index contributed by atoms with van der Waals surface area (Å²) >= 11 is 0. The molecule has 7 nitrogen and oxygen atoms in total. The highest BCUT2D eigenvalue weighted by Gasteiger charge is 2.31. The Labute approximate surface area is 149 Å². The maximum Gasteiger partial charge on any atom is 0.259 e. The molecule has 3 N–H and O–H groups in total. The van der Waals surface area contributed by atoms with Crippen molar-refractivity contribution in [3.05, 3.63) is 11.8 Å². The molecule has 0 bridgehead atoms. The predicted octanol–water partition coefficient (Wildman–Crippen LogP) is 2.10. The molecule has 3 atom stereocenters. The Bertz CT molecular complexity index is 639. The molecule has 2 heterocycles. The van der Waals surface area contributed by atoms with E-state index >= 15 is 0 Å². The highest BCUT2D eigenvalue weighted by atomic mass is 16.3. The molecule has 25 heavy (non-hydrogen) atoms. The number of nitrogens with one attached hydrogen (secondary N) is 2. The van der Waals surface area contributed by atoms with E-state index < -0.39 is 0 Å². The van der Waals surface area contributed by atoms with Gasteiger partial charge in [-0.05, 0) is 46.0 Å². The van der Waals surface area contributed by atoms with Crippen LogP contribution in [0.1, 0.15) is 57.3 Å². The summed E-state index contributed by atoms with van der Waals surface area (Å²) in [7, 11) is 0. The first-order valence-corrected chi connectivity index (χ1v) is 9.12. The molecule has 1 saturated carbocycles. The summed E-state index contributed by atoms with van der Waals surface area (Å²) in [6.45, 7) is 9.78. The fourth-order valence-electron chi connectivity index (χ4n) is 3.09. The number of aliphatic hydroxyl groups is 1. The van der Waals surface area contributed by atoms with Crippen molar-refractivity contribution in [2.45, 2.75) is 64.6 Å². The monoisotopic (exact) mass is 347 g/mol. The van der Waals surface area contributed by atoms with Crippen molar-refractivity contribution in [3.8, 4) is 0 Å². The van der Waals surface area contributed by atoms with Crippen LogP contribution in [-0.2, 0) is 0 Å². The predicted molar refractivity (Wildman–Crippen MR) is 97.7 cm³/mol. The van der Waals surface area contributed by atoms with E-state index in [0.29, 0.717) is 29.7 Å². The number of carbonyl (C=O) groups is 1. The zero-order valence-electron chi connectivity index (χ0n) is 15.5. The number of amides is 1. The lowest BCUT2D eigenvalue weighted by atomic mass is 9.85. The Kier molecular flexibility index (Phi) is 4.86. The van der Waals surface area contributed by atoms with Crippen LogP contribution in [0.25, 0.3) is 0 Å². The first kappa shape index (κ1) is 17.9. The second-order valence-electron chi connectivity index (χ2n) is 8.32. The van der Waals surface area contributed by atoms with E-state index in [9.17, 15) is 9.90 Å². The third-order valence-corrected chi connectivity index (χ3v) is 4.73. The van der Waals surface area contributed by atoms with E-state index in [2.05, 4.69) is 27.5 Å². The summed E-state index contributed by atoms with van der Waals surface area (Å²) in [6.07, 6.45) is 3.89. The van der Waals surface area contributed by atoms with Gasteiger partial charge in [0.25, 0.3) is 5.91 Å². The molecule has 0 unspecified atom stereocenters. The smallest absolute Gasteiger partial charge is 0.259 e. The van der Waals surface area contributed by atoms with Gasteiger partial charge in [0.15, 0.2) is 0 Å². The summed E-state index contributed by atoms with van der Waals surface area (Å²) in [5.41, 5.74) is 0.337. The number of carbonyl (C=O) groups excluding carboxylic acids is 1. The molecule has 1 aromatic rings. The summed E-state index contributed by atoms with van der Waals surface area (Å²) in [4.78, 5) is 23.2. The summed E-state index contributed by atoms with van der Waals surface area (Å²) in [6, 6.07) is 0.115. The lowest BCUT2D eigenvalue weighted by Crippen LogP contribution is -2.36. The maximum absolute atomic E-state index is 12.5. The van der Waals surface area contributed by atoms with E-state index in [1.54, 1.807) is 11.1 Å². The van der Waals surface area contributed by atoms with Crippen LogP contribution >= 0.6 is 0 Å². The van der Waals surface area contributed by atoms with Crippen LogP contribution in [-0.4, -0.2) is 56.7 Å². The third-order valence-electron chi connectivity index (χ3n) is 4.73. The summed E-state index contributed by atoms with van der Waals surface area (Å²) in [5.74, 6) is 1.35. The van der Waals surface area contributed by atoms with Gasteiger partial charge in [-0.3, -0.25) is 4.79 Å². The van der Waals surface area contributed by atoms with Gasteiger partial charge in [-0.15, -0.1) is 0 Å². The molecule has 0 spiro atoms. The van der Waals surface area contributed by atoms with E-state index in [4.69, 9.17) is 0 Å². The number of anilines is 2. The third kappa shape index (κ3) is 4.60. The number of nitrogens with zero attached hydrogens (tertiary/aromatic N) is 3. The van der Waals surface area contributed by atoms with Gasteiger partial charge >= 0.3 is 0 Å². The molecule has 138 valence electrons. The van der Waals surface area contributed by atoms with Crippen LogP contribution in [0.15, 0.2) is 6.20 Å².